The fraction of sp³-hybridized carbons (Fsp3) is 0.259. The molecular formula is C27H28BrFN2O2. The Labute approximate surface area is 202 Å². The lowest BCUT2D eigenvalue weighted by atomic mass is 10.0. The molecule has 0 aliphatic heterocycles. The second kappa shape index (κ2) is 12.3. The van der Waals surface area contributed by atoms with Gasteiger partial charge in [-0.05, 0) is 47.4 Å². The first-order chi connectivity index (χ1) is 16.0. The summed E-state index contributed by atoms with van der Waals surface area (Å²) in [5, 5.41) is 2.96. The molecule has 0 heterocycles. The van der Waals surface area contributed by atoms with Crippen LogP contribution in [0.3, 0.4) is 0 Å². The zero-order valence-corrected chi connectivity index (χ0v) is 20.2. The van der Waals surface area contributed by atoms with Crippen LogP contribution < -0.4 is 5.32 Å². The van der Waals surface area contributed by atoms with Crippen LogP contribution >= 0.6 is 15.9 Å². The minimum Gasteiger partial charge on any atom is -0.354 e. The van der Waals surface area contributed by atoms with E-state index in [1.54, 1.807) is 17.0 Å². The molecule has 0 aliphatic carbocycles. The second-order valence-electron chi connectivity index (χ2n) is 7.95. The van der Waals surface area contributed by atoms with Crippen molar-refractivity contribution in [2.24, 2.45) is 0 Å². The van der Waals surface area contributed by atoms with Crippen molar-refractivity contribution in [3.63, 3.8) is 0 Å². The fourth-order valence-corrected chi connectivity index (χ4v) is 3.85. The summed E-state index contributed by atoms with van der Waals surface area (Å²) in [7, 11) is 0. The Hall–Kier alpha value is -2.99. The summed E-state index contributed by atoms with van der Waals surface area (Å²) in [5.74, 6) is -0.707. The Morgan fingerprint density at radius 1 is 0.909 bits per heavy atom. The fourth-order valence-electron chi connectivity index (χ4n) is 3.58. The first kappa shape index (κ1) is 24.6. The molecule has 3 rings (SSSR count). The van der Waals surface area contributed by atoms with Crippen LogP contribution in [0.1, 0.15) is 30.0 Å². The average Bonchev–Trinajstić information content (AvgIpc) is 2.83. The minimum atomic E-state index is -0.671. The molecule has 0 aliphatic rings. The van der Waals surface area contributed by atoms with Crippen LogP contribution in [0.5, 0.6) is 0 Å². The van der Waals surface area contributed by atoms with Gasteiger partial charge in [0.1, 0.15) is 11.9 Å². The van der Waals surface area contributed by atoms with Crippen molar-refractivity contribution in [2.75, 3.05) is 6.54 Å². The van der Waals surface area contributed by atoms with E-state index in [9.17, 15) is 14.0 Å². The highest BCUT2D eigenvalue weighted by atomic mass is 79.9. The van der Waals surface area contributed by atoms with Crippen molar-refractivity contribution in [1.29, 1.82) is 0 Å². The van der Waals surface area contributed by atoms with Gasteiger partial charge in [-0.2, -0.15) is 0 Å². The van der Waals surface area contributed by atoms with E-state index in [-0.39, 0.29) is 24.1 Å². The number of nitrogens with one attached hydrogen (secondary N) is 1. The van der Waals surface area contributed by atoms with E-state index >= 15 is 0 Å². The highest BCUT2D eigenvalue weighted by molar-refractivity contribution is 9.10. The number of amides is 2. The summed E-state index contributed by atoms with van der Waals surface area (Å²) in [6.07, 6.45) is 1.30. The maximum absolute atomic E-state index is 13.5. The third kappa shape index (κ3) is 7.53. The highest BCUT2D eigenvalue weighted by Gasteiger charge is 2.30. The van der Waals surface area contributed by atoms with Crippen LogP contribution in [0.4, 0.5) is 4.39 Å². The summed E-state index contributed by atoms with van der Waals surface area (Å²) in [4.78, 5) is 28.4. The molecule has 0 fully saturated rings. The molecule has 1 N–H and O–H groups in total. The topological polar surface area (TPSA) is 49.4 Å². The van der Waals surface area contributed by atoms with Crippen LogP contribution in [-0.4, -0.2) is 29.3 Å². The molecule has 0 saturated carbocycles. The van der Waals surface area contributed by atoms with E-state index in [0.717, 1.165) is 22.0 Å². The number of benzene rings is 3. The van der Waals surface area contributed by atoms with Crippen LogP contribution in [0, 0.1) is 5.82 Å². The second-order valence-corrected chi connectivity index (χ2v) is 8.86. The predicted octanol–water partition coefficient (Wildman–Crippen LogP) is 5.30. The van der Waals surface area contributed by atoms with Crippen molar-refractivity contribution in [2.45, 2.75) is 38.8 Å². The smallest absolute Gasteiger partial charge is 0.243 e. The van der Waals surface area contributed by atoms with Crippen molar-refractivity contribution in [3.05, 3.63) is 106 Å². The Kier molecular flexibility index (Phi) is 9.19. The molecule has 6 heteroatoms. The van der Waals surface area contributed by atoms with Gasteiger partial charge in [-0.25, -0.2) is 4.39 Å². The quantitative estimate of drug-likeness (QED) is 0.402. The van der Waals surface area contributed by atoms with Gasteiger partial charge in [-0.3, -0.25) is 9.59 Å². The Morgan fingerprint density at radius 3 is 2.18 bits per heavy atom. The molecule has 0 saturated heterocycles. The van der Waals surface area contributed by atoms with Gasteiger partial charge in [0.25, 0.3) is 0 Å². The summed E-state index contributed by atoms with van der Waals surface area (Å²) in [6.45, 7) is 2.83. The van der Waals surface area contributed by atoms with Crippen molar-refractivity contribution >= 4 is 27.7 Å². The zero-order chi connectivity index (χ0) is 23.6. The molecule has 3 aromatic carbocycles. The molecule has 1 unspecified atom stereocenters. The number of carbonyl (C=O) groups is 2. The number of nitrogens with zero attached hydrogens (tertiary/aromatic N) is 1. The molecule has 0 aromatic heterocycles. The van der Waals surface area contributed by atoms with Crippen molar-refractivity contribution < 1.29 is 14.0 Å². The molecule has 33 heavy (non-hydrogen) atoms. The van der Waals surface area contributed by atoms with Gasteiger partial charge < -0.3 is 10.2 Å². The van der Waals surface area contributed by atoms with Crippen molar-refractivity contribution in [3.8, 4) is 0 Å². The molecule has 0 spiro atoms. The summed E-state index contributed by atoms with van der Waals surface area (Å²) in [5.41, 5.74) is 2.60. The van der Waals surface area contributed by atoms with Gasteiger partial charge in [0.15, 0.2) is 0 Å². The zero-order valence-electron chi connectivity index (χ0n) is 18.6. The molecule has 1 atom stereocenters. The van der Waals surface area contributed by atoms with Gasteiger partial charge in [0, 0.05) is 24.0 Å². The first-order valence-electron chi connectivity index (χ1n) is 11.1. The standard InChI is InChI=1S/C27H28BrFN2O2/c1-2-16-30-27(33)25(17-20-6-4-3-5-7-20)31(19-22-8-12-23(28)13-9-22)26(32)18-21-10-14-24(29)15-11-21/h3-15,25H,2,16-19H2,1H3,(H,30,33). The predicted molar refractivity (Wildman–Crippen MR) is 132 cm³/mol. The van der Waals surface area contributed by atoms with Gasteiger partial charge in [-0.1, -0.05) is 77.5 Å². The van der Waals surface area contributed by atoms with Crippen LogP contribution in [0.15, 0.2) is 83.3 Å². The molecule has 3 aromatic rings. The molecular weight excluding hydrogens is 483 g/mol. The minimum absolute atomic E-state index is 0.0865. The summed E-state index contributed by atoms with van der Waals surface area (Å²) >= 11 is 3.44. The molecule has 172 valence electrons. The van der Waals surface area contributed by atoms with Crippen molar-refractivity contribution in [1.82, 2.24) is 10.2 Å². The number of hydrogen-bond acceptors (Lipinski definition) is 2. The average molecular weight is 511 g/mol. The number of rotatable bonds is 10. The number of carbonyl (C=O) groups excluding carboxylic acids is 2. The Balaban J connectivity index is 1.93. The monoisotopic (exact) mass is 510 g/mol. The van der Waals surface area contributed by atoms with E-state index in [4.69, 9.17) is 0 Å². The maximum Gasteiger partial charge on any atom is 0.243 e. The molecule has 0 radical (unpaired) electrons. The third-order valence-electron chi connectivity index (χ3n) is 5.36. The van der Waals surface area contributed by atoms with E-state index in [1.165, 1.54) is 12.1 Å². The SMILES string of the molecule is CCCNC(=O)C(Cc1ccccc1)N(Cc1ccc(Br)cc1)C(=O)Cc1ccc(F)cc1. The van der Waals surface area contributed by atoms with E-state index in [1.807, 2.05) is 61.5 Å². The van der Waals surface area contributed by atoms with E-state index < -0.39 is 6.04 Å². The Morgan fingerprint density at radius 2 is 1.55 bits per heavy atom. The molecule has 4 nitrogen and oxygen atoms in total. The summed E-state index contributed by atoms with van der Waals surface area (Å²) in [6, 6.07) is 22.6. The third-order valence-corrected chi connectivity index (χ3v) is 5.88. The molecule has 2 amide bonds. The largest absolute Gasteiger partial charge is 0.354 e. The van der Waals surface area contributed by atoms with E-state index in [0.29, 0.717) is 25.1 Å². The number of hydrogen-bond donors (Lipinski definition) is 1. The lowest BCUT2D eigenvalue weighted by molar-refractivity contribution is -0.140. The van der Waals surface area contributed by atoms with Gasteiger partial charge in [-0.15, -0.1) is 0 Å². The summed E-state index contributed by atoms with van der Waals surface area (Å²) < 4.78 is 14.3. The van der Waals surface area contributed by atoms with Crippen LogP contribution in [-0.2, 0) is 29.0 Å². The normalized spacial score (nSPS) is 11.6. The van der Waals surface area contributed by atoms with Gasteiger partial charge in [0.05, 0.1) is 6.42 Å². The van der Waals surface area contributed by atoms with E-state index in [2.05, 4.69) is 21.2 Å². The lowest BCUT2D eigenvalue weighted by Gasteiger charge is -2.31. The number of halogens is 2. The lowest BCUT2D eigenvalue weighted by Crippen LogP contribution is -2.51. The van der Waals surface area contributed by atoms with Gasteiger partial charge >= 0.3 is 0 Å². The van der Waals surface area contributed by atoms with Gasteiger partial charge in [0.2, 0.25) is 11.8 Å². The molecule has 0 bridgehead atoms. The highest BCUT2D eigenvalue weighted by Crippen LogP contribution is 2.18. The first-order valence-corrected chi connectivity index (χ1v) is 11.9. The Bertz CT molecular complexity index is 1040. The van der Waals surface area contributed by atoms with Crippen LogP contribution in [0.25, 0.3) is 0 Å². The maximum atomic E-state index is 13.5. The van der Waals surface area contributed by atoms with Crippen LogP contribution in [0.2, 0.25) is 0 Å².